The van der Waals surface area contributed by atoms with Gasteiger partial charge in [0.1, 0.15) is 18.1 Å². The fourth-order valence-electron chi connectivity index (χ4n) is 2.92. The third-order valence-electron chi connectivity index (χ3n) is 4.38. The number of rotatable bonds is 11. The first kappa shape index (κ1) is 25.2. The van der Waals surface area contributed by atoms with Crippen molar-refractivity contribution in [2.45, 2.75) is 49.9 Å². The number of nitrogens with two attached hydrogens (primary N) is 2. The summed E-state index contributed by atoms with van der Waals surface area (Å²) >= 11 is 3.95. The van der Waals surface area contributed by atoms with Crippen molar-refractivity contribution in [1.29, 1.82) is 0 Å². The summed E-state index contributed by atoms with van der Waals surface area (Å²) in [5.41, 5.74) is 10.6. The summed E-state index contributed by atoms with van der Waals surface area (Å²) in [5, 5.41) is 22.3. The highest BCUT2D eigenvalue weighted by molar-refractivity contribution is 7.80. The summed E-state index contributed by atoms with van der Waals surface area (Å²) in [6, 6.07) is -5.22. The summed E-state index contributed by atoms with van der Waals surface area (Å²) in [5.74, 6) is -6.34. The standard InChI is InChI=1S/C16H25N5O8S/c17-7(6-30)15(27)21-3-1-2-10(21)14(26)19-8(5-12(23)24)13(25)20-9(16(28)29)4-11(18)22/h7-10,30H,1-6,17H2,(H2,18,22)(H,19,26)(H,20,25)(H,23,24)(H,28,29). The lowest BCUT2D eigenvalue weighted by Gasteiger charge is -2.28. The van der Waals surface area contributed by atoms with E-state index in [1.165, 1.54) is 4.90 Å². The van der Waals surface area contributed by atoms with Crippen LogP contribution in [0.4, 0.5) is 0 Å². The fraction of sp³-hybridized carbons (Fsp3) is 0.625. The van der Waals surface area contributed by atoms with Crippen molar-refractivity contribution < 1.29 is 39.0 Å². The summed E-state index contributed by atoms with van der Waals surface area (Å²) in [4.78, 5) is 71.8. The van der Waals surface area contributed by atoms with Crippen molar-refractivity contribution in [3.05, 3.63) is 0 Å². The van der Waals surface area contributed by atoms with Gasteiger partial charge in [-0.1, -0.05) is 0 Å². The van der Waals surface area contributed by atoms with Crippen LogP contribution in [0.2, 0.25) is 0 Å². The van der Waals surface area contributed by atoms with Gasteiger partial charge in [0.05, 0.1) is 18.9 Å². The van der Waals surface area contributed by atoms with Gasteiger partial charge in [-0.05, 0) is 12.8 Å². The molecule has 0 aliphatic carbocycles. The number of thiol groups is 1. The van der Waals surface area contributed by atoms with Gasteiger partial charge in [-0.25, -0.2) is 4.79 Å². The van der Waals surface area contributed by atoms with Crippen molar-refractivity contribution in [3.63, 3.8) is 0 Å². The number of carboxylic acids is 2. The molecule has 1 rings (SSSR count). The van der Waals surface area contributed by atoms with Crippen LogP contribution in [0.5, 0.6) is 0 Å². The molecule has 0 aromatic rings. The van der Waals surface area contributed by atoms with Crippen LogP contribution in [-0.4, -0.2) is 87.1 Å². The number of hydrogen-bond donors (Lipinski definition) is 7. The van der Waals surface area contributed by atoms with E-state index in [2.05, 4.69) is 17.9 Å². The fourth-order valence-corrected chi connectivity index (χ4v) is 3.08. The molecular weight excluding hydrogens is 422 g/mol. The molecule has 1 saturated heterocycles. The second-order valence-corrected chi connectivity index (χ2v) is 7.07. The van der Waals surface area contributed by atoms with Gasteiger partial charge < -0.3 is 37.2 Å². The molecule has 0 aromatic carbocycles. The third kappa shape index (κ3) is 7.18. The molecule has 13 nitrogen and oxygen atoms in total. The van der Waals surface area contributed by atoms with Crippen molar-refractivity contribution in [1.82, 2.24) is 15.5 Å². The topological polar surface area (TPSA) is 222 Å². The first-order valence-electron chi connectivity index (χ1n) is 8.98. The summed E-state index contributed by atoms with van der Waals surface area (Å²) in [7, 11) is 0. The van der Waals surface area contributed by atoms with Gasteiger partial charge in [-0.3, -0.25) is 24.0 Å². The first-order chi connectivity index (χ1) is 14.0. The van der Waals surface area contributed by atoms with Crippen LogP contribution in [0.25, 0.3) is 0 Å². The van der Waals surface area contributed by atoms with Crippen LogP contribution in [0.15, 0.2) is 0 Å². The van der Waals surface area contributed by atoms with Crippen molar-refractivity contribution in [2.75, 3.05) is 12.3 Å². The van der Waals surface area contributed by atoms with Crippen LogP contribution in [0.1, 0.15) is 25.7 Å². The van der Waals surface area contributed by atoms with E-state index in [-0.39, 0.29) is 18.7 Å². The van der Waals surface area contributed by atoms with Crippen LogP contribution in [0, 0.1) is 0 Å². The number of hydrogen-bond acceptors (Lipinski definition) is 8. The van der Waals surface area contributed by atoms with Gasteiger partial charge in [0.2, 0.25) is 23.6 Å². The molecule has 1 heterocycles. The first-order valence-corrected chi connectivity index (χ1v) is 9.61. The maximum atomic E-state index is 12.6. The highest BCUT2D eigenvalue weighted by atomic mass is 32.1. The molecule has 14 heteroatoms. The highest BCUT2D eigenvalue weighted by Crippen LogP contribution is 2.19. The van der Waals surface area contributed by atoms with Gasteiger partial charge in [-0.15, -0.1) is 0 Å². The average Bonchev–Trinajstić information content (AvgIpc) is 3.14. The Morgan fingerprint density at radius 1 is 1.07 bits per heavy atom. The minimum atomic E-state index is -1.69. The van der Waals surface area contributed by atoms with Gasteiger partial charge in [-0.2, -0.15) is 12.6 Å². The Morgan fingerprint density at radius 2 is 1.70 bits per heavy atom. The van der Waals surface area contributed by atoms with Crippen molar-refractivity contribution in [2.24, 2.45) is 11.5 Å². The summed E-state index contributed by atoms with van der Waals surface area (Å²) in [6.07, 6.45) is -0.797. The second-order valence-electron chi connectivity index (χ2n) is 6.71. The lowest BCUT2D eigenvalue weighted by Crippen LogP contribution is -2.57. The van der Waals surface area contributed by atoms with E-state index < -0.39 is 72.6 Å². The van der Waals surface area contributed by atoms with E-state index in [0.29, 0.717) is 6.42 Å². The number of carbonyl (C=O) groups excluding carboxylic acids is 4. The molecule has 0 saturated carbocycles. The zero-order valence-corrected chi connectivity index (χ0v) is 16.8. The molecule has 30 heavy (non-hydrogen) atoms. The van der Waals surface area contributed by atoms with Crippen molar-refractivity contribution in [3.8, 4) is 0 Å². The zero-order chi connectivity index (χ0) is 23.0. The van der Waals surface area contributed by atoms with Crippen LogP contribution in [0.3, 0.4) is 0 Å². The van der Waals surface area contributed by atoms with E-state index in [1.807, 2.05) is 5.32 Å². The quantitative estimate of drug-likeness (QED) is 0.157. The summed E-state index contributed by atoms with van der Waals surface area (Å²) in [6.45, 7) is 0.258. The van der Waals surface area contributed by atoms with E-state index in [4.69, 9.17) is 21.7 Å². The number of carbonyl (C=O) groups is 6. The molecule has 0 aromatic heterocycles. The SMILES string of the molecule is NC(=O)CC(NC(=O)C(CC(=O)O)NC(=O)C1CCCN1C(=O)C(N)CS)C(=O)O. The van der Waals surface area contributed by atoms with Gasteiger partial charge in [0, 0.05) is 12.3 Å². The largest absolute Gasteiger partial charge is 0.481 e. The Kier molecular flexibility index (Phi) is 9.52. The average molecular weight is 447 g/mol. The van der Waals surface area contributed by atoms with Gasteiger partial charge in [0.15, 0.2) is 0 Å². The molecule has 1 aliphatic heterocycles. The Balaban J connectivity index is 2.93. The van der Waals surface area contributed by atoms with Gasteiger partial charge >= 0.3 is 11.9 Å². The van der Waals surface area contributed by atoms with E-state index >= 15 is 0 Å². The van der Waals surface area contributed by atoms with E-state index in [0.717, 1.165) is 0 Å². The molecule has 168 valence electrons. The predicted octanol–water partition coefficient (Wildman–Crippen LogP) is -3.36. The van der Waals surface area contributed by atoms with Gasteiger partial charge in [0.25, 0.3) is 0 Å². The van der Waals surface area contributed by atoms with Crippen molar-refractivity contribution >= 4 is 48.2 Å². The normalized spacial score (nSPS) is 18.7. The third-order valence-corrected chi connectivity index (χ3v) is 4.78. The molecule has 0 bridgehead atoms. The predicted molar refractivity (Wildman–Crippen MR) is 104 cm³/mol. The van der Waals surface area contributed by atoms with Crippen LogP contribution in [-0.2, 0) is 28.8 Å². The number of amides is 4. The Hall–Kier alpha value is -2.87. The smallest absolute Gasteiger partial charge is 0.326 e. The highest BCUT2D eigenvalue weighted by Gasteiger charge is 2.38. The molecule has 4 amide bonds. The van der Waals surface area contributed by atoms with Crippen LogP contribution >= 0.6 is 12.6 Å². The molecule has 8 N–H and O–H groups in total. The number of carboxylic acid groups (broad SMARTS) is 2. The number of aliphatic carboxylic acids is 2. The molecule has 1 aliphatic rings. The minimum absolute atomic E-state index is 0.0597. The zero-order valence-electron chi connectivity index (χ0n) is 15.9. The minimum Gasteiger partial charge on any atom is -0.481 e. The second kappa shape index (κ2) is 11.3. The number of nitrogens with one attached hydrogen (secondary N) is 2. The molecule has 4 unspecified atom stereocenters. The Labute approximate surface area is 176 Å². The Bertz CT molecular complexity index is 718. The molecule has 1 fully saturated rings. The van der Waals surface area contributed by atoms with E-state index in [1.54, 1.807) is 0 Å². The van der Waals surface area contributed by atoms with Crippen LogP contribution < -0.4 is 22.1 Å². The lowest BCUT2D eigenvalue weighted by atomic mass is 10.1. The molecule has 0 spiro atoms. The Morgan fingerprint density at radius 3 is 2.20 bits per heavy atom. The number of likely N-dealkylation sites (tertiary alicyclic amines) is 1. The maximum absolute atomic E-state index is 12.6. The molecule has 0 radical (unpaired) electrons. The molecular formula is C16H25N5O8S. The maximum Gasteiger partial charge on any atom is 0.326 e. The lowest BCUT2D eigenvalue weighted by molar-refractivity contribution is -0.145. The number of nitrogens with zero attached hydrogens (tertiary/aromatic N) is 1. The monoisotopic (exact) mass is 447 g/mol. The molecule has 4 atom stereocenters. The van der Waals surface area contributed by atoms with E-state index in [9.17, 15) is 28.8 Å². The summed E-state index contributed by atoms with van der Waals surface area (Å²) < 4.78 is 0. The number of primary amides is 1.